The summed E-state index contributed by atoms with van der Waals surface area (Å²) in [6, 6.07) is -0.0564. The van der Waals surface area contributed by atoms with Crippen LogP contribution in [0.4, 0.5) is 0 Å². The predicted octanol–water partition coefficient (Wildman–Crippen LogP) is 2.89. The van der Waals surface area contributed by atoms with Gasteiger partial charge in [0, 0.05) is 0 Å². The number of rotatable bonds is 2. The highest BCUT2D eigenvalue weighted by Crippen LogP contribution is 2.39. The third kappa shape index (κ3) is 3.71. The highest BCUT2D eigenvalue weighted by Gasteiger charge is 2.35. The van der Waals surface area contributed by atoms with E-state index in [0.717, 1.165) is 32.2 Å². The molecule has 0 spiro atoms. The highest BCUT2D eigenvalue weighted by atomic mass is 16.5. The molecule has 3 nitrogen and oxygen atoms in total. The Labute approximate surface area is 111 Å². The van der Waals surface area contributed by atoms with Gasteiger partial charge in [0.05, 0.1) is 0 Å². The van der Waals surface area contributed by atoms with Gasteiger partial charge in [0.15, 0.2) is 0 Å². The lowest BCUT2D eigenvalue weighted by Crippen LogP contribution is -2.44. The van der Waals surface area contributed by atoms with Crippen molar-refractivity contribution in [3.05, 3.63) is 0 Å². The van der Waals surface area contributed by atoms with Crippen LogP contribution in [0, 0.1) is 11.3 Å². The first-order valence-electron chi connectivity index (χ1n) is 7.40. The van der Waals surface area contributed by atoms with E-state index in [0.29, 0.717) is 11.3 Å². The fraction of sp³-hybridized carbons (Fsp3) is 0.933. The molecule has 1 aliphatic carbocycles. The lowest BCUT2D eigenvalue weighted by Gasteiger charge is -2.39. The minimum Gasteiger partial charge on any atom is -0.461 e. The predicted molar refractivity (Wildman–Crippen MR) is 72.3 cm³/mol. The number of carbonyl (C=O) groups is 1. The molecule has 2 unspecified atom stereocenters. The molecule has 0 bridgehead atoms. The molecule has 0 amide bonds. The van der Waals surface area contributed by atoms with Crippen molar-refractivity contribution >= 4 is 5.97 Å². The average molecular weight is 253 g/mol. The molecule has 0 aromatic heterocycles. The summed E-state index contributed by atoms with van der Waals surface area (Å²) in [6.07, 6.45) is 6.65. The quantitative estimate of drug-likeness (QED) is 0.769. The van der Waals surface area contributed by atoms with Crippen LogP contribution in [0.3, 0.4) is 0 Å². The number of ether oxygens (including phenoxy) is 1. The lowest BCUT2D eigenvalue weighted by atomic mass is 9.71. The Bertz CT molecular complexity index is 295. The van der Waals surface area contributed by atoms with Crippen molar-refractivity contribution in [1.82, 2.24) is 5.32 Å². The first-order valence-corrected chi connectivity index (χ1v) is 7.40. The van der Waals surface area contributed by atoms with Gasteiger partial charge in [0.25, 0.3) is 0 Å². The fourth-order valence-corrected chi connectivity index (χ4v) is 3.65. The molecule has 0 aromatic carbocycles. The number of carbonyl (C=O) groups excluding carboxylic acids is 1. The maximum Gasteiger partial charge on any atom is 0.323 e. The van der Waals surface area contributed by atoms with Gasteiger partial charge in [-0.15, -0.1) is 0 Å². The third-order valence-corrected chi connectivity index (χ3v) is 4.22. The van der Waals surface area contributed by atoms with Gasteiger partial charge < -0.3 is 10.1 Å². The molecular weight excluding hydrogens is 226 g/mol. The Kier molecular flexibility index (Phi) is 4.31. The van der Waals surface area contributed by atoms with Crippen molar-refractivity contribution in [2.75, 3.05) is 6.54 Å². The molecule has 1 aliphatic heterocycles. The van der Waals surface area contributed by atoms with Crippen molar-refractivity contribution in [2.45, 2.75) is 71.4 Å². The fourth-order valence-electron chi connectivity index (χ4n) is 3.65. The Morgan fingerprint density at radius 2 is 2.06 bits per heavy atom. The van der Waals surface area contributed by atoms with Crippen LogP contribution in [0.25, 0.3) is 0 Å². The Balaban J connectivity index is 1.86. The van der Waals surface area contributed by atoms with Crippen molar-refractivity contribution in [2.24, 2.45) is 11.3 Å². The van der Waals surface area contributed by atoms with E-state index in [-0.39, 0.29) is 18.1 Å². The summed E-state index contributed by atoms with van der Waals surface area (Å²) in [5, 5.41) is 3.27. The molecule has 104 valence electrons. The van der Waals surface area contributed by atoms with E-state index >= 15 is 0 Å². The summed E-state index contributed by atoms with van der Waals surface area (Å²) in [7, 11) is 0. The monoisotopic (exact) mass is 253 g/mol. The summed E-state index contributed by atoms with van der Waals surface area (Å²) in [5.74, 6) is 0.635. The molecule has 2 rings (SSSR count). The number of esters is 1. The summed E-state index contributed by atoms with van der Waals surface area (Å²) in [4.78, 5) is 12.1. The second kappa shape index (κ2) is 5.60. The van der Waals surface area contributed by atoms with E-state index in [1.54, 1.807) is 0 Å². The number of hydrogen-bond donors (Lipinski definition) is 1. The maximum absolute atomic E-state index is 12.1. The van der Waals surface area contributed by atoms with E-state index < -0.39 is 0 Å². The van der Waals surface area contributed by atoms with Gasteiger partial charge in [-0.3, -0.25) is 4.79 Å². The minimum atomic E-state index is -0.0564. The average Bonchev–Trinajstić information content (AvgIpc) is 2.27. The molecule has 1 N–H and O–H groups in total. The molecule has 0 radical (unpaired) electrons. The topological polar surface area (TPSA) is 38.3 Å². The lowest BCUT2D eigenvalue weighted by molar-refractivity contribution is -0.156. The van der Waals surface area contributed by atoms with Crippen molar-refractivity contribution in [3.63, 3.8) is 0 Å². The standard InChI is InChI=1S/C15H27NO2/c1-11-8-12(10-15(2,3)9-11)18-14(17)13-6-4-5-7-16-13/h11-13,16H,4-10H2,1-3H3/t11?,12?,13-/m0/s1. The maximum atomic E-state index is 12.1. The zero-order valence-corrected chi connectivity index (χ0v) is 12.0. The summed E-state index contributed by atoms with van der Waals surface area (Å²) in [5.41, 5.74) is 0.308. The van der Waals surface area contributed by atoms with E-state index in [1.807, 2.05) is 0 Å². The van der Waals surface area contributed by atoms with Gasteiger partial charge in [-0.05, 0) is 50.0 Å². The van der Waals surface area contributed by atoms with Gasteiger partial charge in [0.1, 0.15) is 12.1 Å². The van der Waals surface area contributed by atoms with Crippen LogP contribution >= 0.6 is 0 Å². The van der Waals surface area contributed by atoms with Crippen molar-refractivity contribution in [3.8, 4) is 0 Å². The number of nitrogens with one attached hydrogen (secondary N) is 1. The van der Waals surface area contributed by atoms with Crippen molar-refractivity contribution < 1.29 is 9.53 Å². The SMILES string of the molecule is CC1CC(OC(=O)[C@@H]2CCCCN2)CC(C)(C)C1. The van der Waals surface area contributed by atoms with Crippen LogP contribution in [0.5, 0.6) is 0 Å². The highest BCUT2D eigenvalue weighted by molar-refractivity contribution is 5.76. The molecule has 2 fully saturated rings. The smallest absolute Gasteiger partial charge is 0.323 e. The van der Waals surface area contributed by atoms with Crippen LogP contribution in [0.2, 0.25) is 0 Å². The summed E-state index contributed by atoms with van der Waals surface area (Å²) in [6.45, 7) is 7.78. The normalized spacial score (nSPS) is 36.1. The second-order valence-corrected chi connectivity index (χ2v) is 6.97. The number of piperidine rings is 1. The largest absolute Gasteiger partial charge is 0.461 e. The first kappa shape index (κ1) is 13.9. The van der Waals surface area contributed by atoms with Gasteiger partial charge in [-0.1, -0.05) is 27.2 Å². The van der Waals surface area contributed by atoms with Crippen LogP contribution in [0.15, 0.2) is 0 Å². The first-order chi connectivity index (χ1) is 8.46. The molecule has 0 aromatic rings. The van der Waals surface area contributed by atoms with Crippen LogP contribution < -0.4 is 5.32 Å². The second-order valence-electron chi connectivity index (χ2n) is 6.97. The van der Waals surface area contributed by atoms with E-state index in [1.165, 1.54) is 12.8 Å². The molecule has 18 heavy (non-hydrogen) atoms. The van der Waals surface area contributed by atoms with Gasteiger partial charge >= 0.3 is 5.97 Å². The van der Waals surface area contributed by atoms with Gasteiger partial charge in [0.2, 0.25) is 0 Å². The summed E-state index contributed by atoms with van der Waals surface area (Å²) >= 11 is 0. The van der Waals surface area contributed by atoms with Crippen LogP contribution in [0.1, 0.15) is 59.3 Å². The zero-order chi connectivity index (χ0) is 13.2. The Morgan fingerprint density at radius 1 is 1.28 bits per heavy atom. The molecule has 3 heteroatoms. The molecule has 1 saturated carbocycles. The summed E-state index contributed by atoms with van der Waals surface area (Å²) < 4.78 is 5.74. The van der Waals surface area contributed by atoms with Crippen molar-refractivity contribution in [1.29, 1.82) is 0 Å². The zero-order valence-electron chi connectivity index (χ0n) is 12.0. The molecule has 1 heterocycles. The third-order valence-electron chi connectivity index (χ3n) is 4.22. The number of hydrogen-bond acceptors (Lipinski definition) is 3. The van der Waals surface area contributed by atoms with E-state index in [2.05, 4.69) is 26.1 Å². The molecular formula is C15H27NO2. The van der Waals surface area contributed by atoms with Gasteiger partial charge in [-0.25, -0.2) is 0 Å². The van der Waals surface area contributed by atoms with Gasteiger partial charge in [-0.2, -0.15) is 0 Å². The van der Waals surface area contributed by atoms with Crippen LogP contribution in [-0.4, -0.2) is 24.7 Å². The van der Waals surface area contributed by atoms with E-state index in [9.17, 15) is 4.79 Å². The Hall–Kier alpha value is -0.570. The van der Waals surface area contributed by atoms with Crippen LogP contribution in [-0.2, 0) is 9.53 Å². The molecule has 2 aliphatic rings. The minimum absolute atomic E-state index is 0.0235. The molecule has 3 atom stereocenters. The van der Waals surface area contributed by atoms with E-state index in [4.69, 9.17) is 4.74 Å². The molecule has 1 saturated heterocycles. The Morgan fingerprint density at radius 3 is 2.67 bits per heavy atom.